The first-order valence-electron chi connectivity index (χ1n) is 8.40. The zero-order chi connectivity index (χ0) is 17.2. The Morgan fingerprint density at radius 1 is 1.00 bits per heavy atom. The Kier molecular flexibility index (Phi) is 4.45. The van der Waals surface area contributed by atoms with Gasteiger partial charge in [0.25, 0.3) is 0 Å². The Morgan fingerprint density at radius 2 is 1.72 bits per heavy atom. The normalized spacial score (nSPS) is 15.1. The fourth-order valence-electron chi connectivity index (χ4n) is 2.79. The Hall–Kier alpha value is -2.33. The van der Waals surface area contributed by atoms with Gasteiger partial charge in [0.1, 0.15) is 11.1 Å². The van der Waals surface area contributed by atoms with Gasteiger partial charge >= 0.3 is 0 Å². The standard InChI is InChI=1S/C21H18FNOS/c22-17-8-5-15(6-9-17)20(21(24)23-18-10-11-18)25-19-12-7-14-3-1-2-4-16(14)13-19/h1-9,12-13,18,20H,10-11H2,(H,23,24). The highest BCUT2D eigenvalue weighted by Crippen LogP contribution is 2.37. The van der Waals surface area contributed by atoms with Gasteiger partial charge in [-0.3, -0.25) is 4.79 Å². The molecule has 1 atom stereocenters. The first kappa shape index (κ1) is 16.2. The van der Waals surface area contributed by atoms with Crippen molar-refractivity contribution in [1.82, 2.24) is 5.32 Å². The number of thioether (sulfide) groups is 1. The molecule has 25 heavy (non-hydrogen) atoms. The first-order valence-corrected chi connectivity index (χ1v) is 9.28. The van der Waals surface area contributed by atoms with E-state index in [1.807, 2.05) is 18.2 Å². The molecule has 3 aromatic rings. The molecule has 1 aliphatic carbocycles. The highest BCUT2D eigenvalue weighted by atomic mass is 32.2. The van der Waals surface area contributed by atoms with Crippen LogP contribution in [-0.2, 0) is 4.79 Å². The maximum atomic E-state index is 13.3. The second-order valence-corrected chi connectivity index (χ2v) is 7.52. The maximum Gasteiger partial charge on any atom is 0.238 e. The lowest BCUT2D eigenvalue weighted by Crippen LogP contribution is -2.29. The van der Waals surface area contributed by atoms with E-state index in [1.165, 1.54) is 29.3 Å². The number of hydrogen-bond donors (Lipinski definition) is 1. The molecular weight excluding hydrogens is 333 g/mol. The molecule has 1 amide bonds. The van der Waals surface area contributed by atoms with Gasteiger partial charge < -0.3 is 5.32 Å². The summed E-state index contributed by atoms with van der Waals surface area (Å²) in [5.74, 6) is -0.298. The summed E-state index contributed by atoms with van der Waals surface area (Å²) in [6, 6.07) is 20.9. The molecule has 126 valence electrons. The Bertz CT molecular complexity index is 905. The minimum absolute atomic E-state index is 0.00716. The predicted octanol–water partition coefficient (Wildman–Crippen LogP) is 5.09. The largest absolute Gasteiger partial charge is 0.352 e. The molecule has 0 aromatic heterocycles. The first-order chi connectivity index (χ1) is 12.2. The van der Waals surface area contributed by atoms with Gasteiger partial charge in [-0.05, 0) is 53.4 Å². The SMILES string of the molecule is O=C(NC1CC1)C(Sc1ccc2ccccc2c1)c1ccc(F)cc1. The minimum Gasteiger partial charge on any atom is -0.352 e. The number of rotatable bonds is 5. The van der Waals surface area contributed by atoms with E-state index >= 15 is 0 Å². The van der Waals surface area contributed by atoms with Crippen LogP contribution in [0.1, 0.15) is 23.7 Å². The van der Waals surface area contributed by atoms with Gasteiger partial charge in [-0.1, -0.05) is 42.5 Å². The van der Waals surface area contributed by atoms with Crippen molar-refractivity contribution in [2.45, 2.75) is 29.0 Å². The van der Waals surface area contributed by atoms with Gasteiger partial charge in [0, 0.05) is 10.9 Å². The van der Waals surface area contributed by atoms with E-state index in [2.05, 4.69) is 29.6 Å². The van der Waals surface area contributed by atoms with E-state index in [1.54, 1.807) is 12.1 Å². The summed E-state index contributed by atoms with van der Waals surface area (Å²) in [6.45, 7) is 0. The summed E-state index contributed by atoms with van der Waals surface area (Å²) < 4.78 is 13.3. The average Bonchev–Trinajstić information content (AvgIpc) is 3.44. The molecule has 0 saturated heterocycles. The average molecular weight is 351 g/mol. The third-order valence-electron chi connectivity index (χ3n) is 4.31. The molecule has 2 nitrogen and oxygen atoms in total. The minimum atomic E-state index is -0.387. The van der Waals surface area contributed by atoms with Crippen LogP contribution in [0.5, 0.6) is 0 Å². The number of amides is 1. The van der Waals surface area contributed by atoms with E-state index in [9.17, 15) is 9.18 Å². The smallest absolute Gasteiger partial charge is 0.238 e. The summed E-state index contributed by atoms with van der Waals surface area (Å²) >= 11 is 1.51. The molecule has 0 radical (unpaired) electrons. The zero-order valence-corrected chi connectivity index (χ0v) is 14.4. The van der Waals surface area contributed by atoms with Crippen LogP contribution >= 0.6 is 11.8 Å². The van der Waals surface area contributed by atoms with Crippen molar-refractivity contribution >= 4 is 28.4 Å². The highest BCUT2D eigenvalue weighted by Gasteiger charge is 2.29. The molecule has 4 heteroatoms. The fourth-order valence-corrected chi connectivity index (χ4v) is 3.87. The van der Waals surface area contributed by atoms with E-state index in [4.69, 9.17) is 0 Å². The van der Waals surface area contributed by atoms with Gasteiger partial charge in [-0.25, -0.2) is 4.39 Å². The van der Waals surface area contributed by atoms with E-state index in [-0.39, 0.29) is 17.0 Å². The molecule has 0 heterocycles. The third-order valence-corrected chi connectivity index (χ3v) is 5.56. The van der Waals surface area contributed by atoms with Crippen LogP contribution in [0.25, 0.3) is 10.8 Å². The number of nitrogens with one attached hydrogen (secondary N) is 1. The second kappa shape index (κ2) is 6.89. The van der Waals surface area contributed by atoms with E-state index in [0.717, 1.165) is 28.7 Å². The molecule has 0 spiro atoms. The van der Waals surface area contributed by atoms with Gasteiger partial charge in [0.2, 0.25) is 5.91 Å². The van der Waals surface area contributed by atoms with Crippen molar-refractivity contribution < 1.29 is 9.18 Å². The van der Waals surface area contributed by atoms with Crippen molar-refractivity contribution in [3.63, 3.8) is 0 Å². The molecule has 1 aliphatic rings. The lowest BCUT2D eigenvalue weighted by Gasteiger charge is -2.17. The molecule has 1 fully saturated rings. The van der Waals surface area contributed by atoms with Gasteiger partial charge in [0.05, 0.1) is 0 Å². The maximum absolute atomic E-state index is 13.3. The molecule has 1 N–H and O–H groups in total. The van der Waals surface area contributed by atoms with E-state index < -0.39 is 0 Å². The van der Waals surface area contributed by atoms with Crippen LogP contribution in [0.4, 0.5) is 4.39 Å². The topological polar surface area (TPSA) is 29.1 Å². The fraction of sp³-hybridized carbons (Fsp3) is 0.190. The molecular formula is C21H18FNOS. The van der Waals surface area contributed by atoms with Crippen molar-refractivity contribution in [3.05, 3.63) is 78.1 Å². The summed E-state index contributed by atoms with van der Waals surface area (Å²) in [5, 5.41) is 5.00. The van der Waals surface area contributed by atoms with Gasteiger partial charge in [-0.15, -0.1) is 11.8 Å². The van der Waals surface area contributed by atoms with Crippen molar-refractivity contribution in [2.75, 3.05) is 0 Å². The van der Waals surface area contributed by atoms with Crippen LogP contribution in [0.15, 0.2) is 71.6 Å². The Labute approximate surface area is 150 Å². The van der Waals surface area contributed by atoms with Crippen LogP contribution in [0, 0.1) is 5.82 Å². The van der Waals surface area contributed by atoms with Crippen LogP contribution in [0.3, 0.4) is 0 Å². The predicted molar refractivity (Wildman–Crippen MR) is 100 cm³/mol. The third kappa shape index (κ3) is 3.85. The Balaban J connectivity index is 1.63. The van der Waals surface area contributed by atoms with Crippen molar-refractivity contribution in [2.24, 2.45) is 0 Å². The van der Waals surface area contributed by atoms with Crippen molar-refractivity contribution in [3.8, 4) is 0 Å². The number of carbonyl (C=O) groups excluding carboxylic acids is 1. The molecule has 0 aliphatic heterocycles. The van der Waals surface area contributed by atoms with E-state index in [0.29, 0.717) is 6.04 Å². The van der Waals surface area contributed by atoms with Crippen LogP contribution < -0.4 is 5.32 Å². The molecule has 4 rings (SSSR count). The lowest BCUT2D eigenvalue weighted by atomic mass is 10.1. The number of hydrogen-bond acceptors (Lipinski definition) is 2. The summed E-state index contributed by atoms with van der Waals surface area (Å²) in [4.78, 5) is 13.7. The summed E-state index contributed by atoms with van der Waals surface area (Å²) in [5.41, 5.74) is 0.817. The lowest BCUT2D eigenvalue weighted by molar-refractivity contribution is -0.120. The molecule has 1 unspecified atom stereocenters. The summed E-state index contributed by atoms with van der Waals surface area (Å²) in [7, 11) is 0. The van der Waals surface area contributed by atoms with Crippen LogP contribution in [0.2, 0.25) is 0 Å². The number of carbonyl (C=O) groups is 1. The quantitative estimate of drug-likeness (QED) is 0.649. The van der Waals surface area contributed by atoms with Gasteiger partial charge in [-0.2, -0.15) is 0 Å². The van der Waals surface area contributed by atoms with Crippen molar-refractivity contribution in [1.29, 1.82) is 0 Å². The zero-order valence-electron chi connectivity index (χ0n) is 13.6. The number of fused-ring (bicyclic) bond motifs is 1. The van der Waals surface area contributed by atoms with Gasteiger partial charge in [0.15, 0.2) is 0 Å². The monoisotopic (exact) mass is 351 g/mol. The number of halogens is 1. The summed E-state index contributed by atoms with van der Waals surface area (Å²) in [6.07, 6.45) is 2.09. The molecule has 3 aromatic carbocycles. The molecule has 0 bridgehead atoms. The second-order valence-electron chi connectivity index (χ2n) is 6.34. The van der Waals surface area contributed by atoms with Crippen LogP contribution in [-0.4, -0.2) is 11.9 Å². The number of benzene rings is 3. The highest BCUT2D eigenvalue weighted by molar-refractivity contribution is 8.00. The Morgan fingerprint density at radius 3 is 2.44 bits per heavy atom. The molecule has 1 saturated carbocycles.